The lowest BCUT2D eigenvalue weighted by Crippen LogP contribution is -2.02. The van der Waals surface area contributed by atoms with Gasteiger partial charge in [0.25, 0.3) is 0 Å². The van der Waals surface area contributed by atoms with Crippen molar-refractivity contribution in [3.8, 4) is 5.69 Å². The van der Waals surface area contributed by atoms with E-state index in [0.717, 1.165) is 11.4 Å². The lowest BCUT2D eigenvalue weighted by Gasteiger charge is -2.07. The zero-order valence-corrected chi connectivity index (χ0v) is 8.94. The van der Waals surface area contributed by atoms with E-state index in [0.29, 0.717) is 0 Å². The highest BCUT2D eigenvalue weighted by molar-refractivity contribution is 5.39. The lowest BCUT2D eigenvalue weighted by atomic mass is 10.1. The zero-order valence-electron chi connectivity index (χ0n) is 8.94. The van der Waals surface area contributed by atoms with Crippen LogP contribution in [0.4, 0.5) is 0 Å². The first kappa shape index (κ1) is 9.93. The van der Waals surface area contributed by atoms with Gasteiger partial charge in [-0.1, -0.05) is 6.07 Å². The van der Waals surface area contributed by atoms with Gasteiger partial charge in [-0.2, -0.15) is 5.10 Å². The van der Waals surface area contributed by atoms with Gasteiger partial charge in [-0.25, -0.2) is 4.68 Å². The van der Waals surface area contributed by atoms with Crippen LogP contribution in [0.3, 0.4) is 0 Å². The van der Waals surface area contributed by atoms with E-state index in [9.17, 15) is 0 Å². The van der Waals surface area contributed by atoms with E-state index in [1.807, 2.05) is 6.07 Å². The maximum Gasteiger partial charge on any atom is 0.0854 e. The monoisotopic (exact) mass is 202 g/mol. The third kappa shape index (κ3) is 1.92. The van der Waals surface area contributed by atoms with Gasteiger partial charge in [0, 0.05) is 6.20 Å². The normalized spacial score (nSPS) is 10.6. The molecule has 0 unspecified atom stereocenters. The van der Waals surface area contributed by atoms with E-state index < -0.39 is 0 Å². The molecule has 0 saturated heterocycles. The Kier molecular flexibility index (Phi) is 2.56. The first-order valence-electron chi connectivity index (χ1n) is 4.93. The molecule has 0 aliphatic heterocycles. The standard InChI is InChI=1S/C12H14N2O/c1-9-5-10(2)7-12(6-9)14-11(8-15)3-4-13-14/h3-7,15H,8H2,1-2H3. The topological polar surface area (TPSA) is 38.0 Å². The summed E-state index contributed by atoms with van der Waals surface area (Å²) in [5, 5.41) is 13.3. The summed E-state index contributed by atoms with van der Waals surface area (Å²) in [6.45, 7) is 4.12. The maximum atomic E-state index is 9.15. The second-order valence-electron chi connectivity index (χ2n) is 3.74. The number of rotatable bonds is 2. The Hall–Kier alpha value is -1.61. The lowest BCUT2D eigenvalue weighted by molar-refractivity contribution is 0.273. The molecule has 0 aliphatic carbocycles. The number of aliphatic hydroxyl groups excluding tert-OH is 1. The van der Waals surface area contributed by atoms with Gasteiger partial charge in [-0.15, -0.1) is 0 Å². The number of aliphatic hydroxyl groups is 1. The zero-order chi connectivity index (χ0) is 10.8. The minimum absolute atomic E-state index is 0.00693. The summed E-state index contributed by atoms with van der Waals surface area (Å²) in [4.78, 5) is 0. The molecule has 1 N–H and O–H groups in total. The van der Waals surface area contributed by atoms with Crippen LogP contribution in [0.25, 0.3) is 5.69 Å². The molecule has 0 saturated carbocycles. The fraction of sp³-hybridized carbons (Fsp3) is 0.250. The summed E-state index contributed by atoms with van der Waals surface area (Å²) in [6, 6.07) is 8.04. The SMILES string of the molecule is Cc1cc(C)cc(-n2nccc2CO)c1. The molecule has 3 heteroatoms. The molecule has 0 spiro atoms. The molecule has 0 radical (unpaired) electrons. The fourth-order valence-electron chi connectivity index (χ4n) is 1.76. The molecular weight excluding hydrogens is 188 g/mol. The summed E-state index contributed by atoms with van der Waals surface area (Å²) >= 11 is 0. The number of aryl methyl sites for hydroxylation is 2. The Balaban J connectivity index is 2.53. The van der Waals surface area contributed by atoms with E-state index >= 15 is 0 Å². The van der Waals surface area contributed by atoms with Crippen molar-refractivity contribution in [3.63, 3.8) is 0 Å². The smallest absolute Gasteiger partial charge is 0.0854 e. The highest BCUT2D eigenvalue weighted by atomic mass is 16.3. The number of benzene rings is 1. The van der Waals surface area contributed by atoms with Gasteiger partial charge < -0.3 is 5.11 Å². The van der Waals surface area contributed by atoms with Crippen LogP contribution in [0.1, 0.15) is 16.8 Å². The number of nitrogens with zero attached hydrogens (tertiary/aromatic N) is 2. The first-order chi connectivity index (χ1) is 7.20. The van der Waals surface area contributed by atoms with E-state index in [-0.39, 0.29) is 6.61 Å². The van der Waals surface area contributed by atoms with Crippen LogP contribution in [0.5, 0.6) is 0 Å². The van der Waals surface area contributed by atoms with Gasteiger partial charge in [0.1, 0.15) is 0 Å². The summed E-state index contributed by atoms with van der Waals surface area (Å²) in [5.41, 5.74) is 4.20. The quantitative estimate of drug-likeness (QED) is 0.808. The summed E-state index contributed by atoms with van der Waals surface area (Å²) in [5.74, 6) is 0. The summed E-state index contributed by atoms with van der Waals surface area (Å²) < 4.78 is 1.76. The van der Waals surface area contributed by atoms with Crippen molar-refractivity contribution in [3.05, 3.63) is 47.3 Å². The molecule has 1 aromatic carbocycles. The van der Waals surface area contributed by atoms with Gasteiger partial charge in [-0.3, -0.25) is 0 Å². The Morgan fingerprint density at radius 1 is 1.20 bits per heavy atom. The van der Waals surface area contributed by atoms with Crippen LogP contribution in [0.2, 0.25) is 0 Å². The third-order valence-electron chi connectivity index (χ3n) is 2.33. The molecule has 2 aromatic rings. The Bertz CT molecular complexity index is 454. The van der Waals surface area contributed by atoms with Crippen molar-refractivity contribution in [1.82, 2.24) is 9.78 Å². The average Bonchev–Trinajstić information content (AvgIpc) is 2.63. The van der Waals surface area contributed by atoms with Crippen LogP contribution in [0, 0.1) is 13.8 Å². The van der Waals surface area contributed by atoms with E-state index in [2.05, 4.69) is 37.1 Å². The van der Waals surface area contributed by atoms with Gasteiger partial charge in [0.15, 0.2) is 0 Å². The molecule has 0 bridgehead atoms. The largest absolute Gasteiger partial charge is 0.390 e. The summed E-state index contributed by atoms with van der Waals surface area (Å²) in [6.07, 6.45) is 1.70. The Morgan fingerprint density at radius 2 is 1.87 bits per heavy atom. The van der Waals surface area contributed by atoms with Crippen molar-refractivity contribution in [2.45, 2.75) is 20.5 Å². The van der Waals surface area contributed by atoms with E-state index in [1.165, 1.54) is 11.1 Å². The Morgan fingerprint density at radius 3 is 2.47 bits per heavy atom. The maximum absolute atomic E-state index is 9.15. The summed E-state index contributed by atoms with van der Waals surface area (Å²) in [7, 11) is 0. The van der Waals surface area contributed by atoms with Crippen LogP contribution < -0.4 is 0 Å². The van der Waals surface area contributed by atoms with Crippen LogP contribution in [-0.2, 0) is 6.61 Å². The molecule has 1 aromatic heterocycles. The van der Waals surface area contributed by atoms with Crippen molar-refractivity contribution < 1.29 is 5.11 Å². The third-order valence-corrected chi connectivity index (χ3v) is 2.33. The highest BCUT2D eigenvalue weighted by Crippen LogP contribution is 2.14. The first-order valence-corrected chi connectivity index (χ1v) is 4.93. The highest BCUT2D eigenvalue weighted by Gasteiger charge is 2.04. The van der Waals surface area contributed by atoms with Crippen LogP contribution in [-0.4, -0.2) is 14.9 Å². The van der Waals surface area contributed by atoms with Gasteiger partial charge in [0.05, 0.1) is 18.0 Å². The molecule has 15 heavy (non-hydrogen) atoms. The van der Waals surface area contributed by atoms with Crippen LogP contribution >= 0.6 is 0 Å². The van der Waals surface area contributed by atoms with Crippen molar-refractivity contribution in [2.75, 3.05) is 0 Å². The molecule has 0 fully saturated rings. The molecule has 0 amide bonds. The second kappa shape index (κ2) is 3.87. The number of hydrogen-bond acceptors (Lipinski definition) is 2. The van der Waals surface area contributed by atoms with Gasteiger partial charge >= 0.3 is 0 Å². The minimum Gasteiger partial charge on any atom is -0.390 e. The molecule has 0 aliphatic rings. The molecule has 0 atom stereocenters. The predicted octanol–water partition coefficient (Wildman–Crippen LogP) is 1.98. The van der Waals surface area contributed by atoms with Crippen molar-refractivity contribution >= 4 is 0 Å². The molecule has 3 nitrogen and oxygen atoms in total. The Labute approximate surface area is 89.0 Å². The van der Waals surface area contributed by atoms with Crippen molar-refractivity contribution in [1.29, 1.82) is 0 Å². The molecule has 2 rings (SSSR count). The predicted molar refractivity (Wildman–Crippen MR) is 59.0 cm³/mol. The van der Waals surface area contributed by atoms with E-state index in [4.69, 9.17) is 5.11 Å². The van der Waals surface area contributed by atoms with E-state index in [1.54, 1.807) is 10.9 Å². The molecular formula is C12H14N2O. The minimum atomic E-state index is 0.00693. The fourth-order valence-corrected chi connectivity index (χ4v) is 1.76. The number of hydrogen-bond donors (Lipinski definition) is 1. The van der Waals surface area contributed by atoms with Gasteiger partial charge in [-0.05, 0) is 43.2 Å². The molecule has 78 valence electrons. The van der Waals surface area contributed by atoms with Gasteiger partial charge in [0.2, 0.25) is 0 Å². The molecule has 1 heterocycles. The second-order valence-corrected chi connectivity index (χ2v) is 3.74. The average molecular weight is 202 g/mol. The number of aromatic nitrogens is 2. The van der Waals surface area contributed by atoms with Crippen LogP contribution in [0.15, 0.2) is 30.5 Å². The van der Waals surface area contributed by atoms with Crippen molar-refractivity contribution in [2.24, 2.45) is 0 Å².